The van der Waals surface area contributed by atoms with Crippen molar-refractivity contribution >= 4 is 58.4 Å². The number of hydrogen-bond donors (Lipinski definition) is 2. The van der Waals surface area contributed by atoms with E-state index < -0.39 is 17.8 Å². The number of carbonyl (C=O) groups is 3. The van der Waals surface area contributed by atoms with Crippen molar-refractivity contribution in [1.82, 2.24) is 0 Å². The van der Waals surface area contributed by atoms with Crippen molar-refractivity contribution in [3.05, 3.63) is 87.4 Å². The van der Waals surface area contributed by atoms with Crippen LogP contribution in [0.5, 0.6) is 11.5 Å². The Hall–Kier alpha value is -4.52. The van der Waals surface area contributed by atoms with Crippen LogP contribution in [0.1, 0.15) is 22.8 Å². The standard InChI is InChI=1S/C28H23Cl2N3O6/c1-3-38-25-13-17(4-11-24(25)39-16-26(34)32-21-9-10-22(29)23(30)14-21)12-19(15-31)27(35)33-20-7-5-18(6-8-20)28(36)37-2/h4-14H,3,16H2,1-2H3,(H,32,34)(H,33,35)/b19-12-. The van der Waals surface area contributed by atoms with Crippen molar-refractivity contribution in [1.29, 1.82) is 5.26 Å². The lowest BCUT2D eigenvalue weighted by Crippen LogP contribution is -2.20. The maximum absolute atomic E-state index is 12.7. The smallest absolute Gasteiger partial charge is 0.337 e. The third-order valence-electron chi connectivity index (χ3n) is 5.07. The van der Waals surface area contributed by atoms with Gasteiger partial charge in [-0.25, -0.2) is 4.79 Å². The average molecular weight is 568 g/mol. The summed E-state index contributed by atoms with van der Waals surface area (Å²) in [6, 6.07) is 17.4. The van der Waals surface area contributed by atoms with Crippen LogP contribution in [0, 0.1) is 11.3 Å². The molecular formula is C28H23Cl2N3O6. The number of esters is 1. The maximum Gasteiger partial charge on any atom is 0.337 e. The second-order valence-electron chi connectivity index (χ2n) is 7.80. The first-order valence-corrected chi connectivity index (χ1v) is 12.3. The van der Waals surface area contributed by atoms with E-state index in [0.29, 0.717) is 50.7 Å². The molecule has 0 unspecified atom stereocenters. The summed E-state index contributed by atoms with van der Waals surface area (Å²) >= 11 is 11.9. The first-order chi connectivity index (χ1) is 18.7. The number of amides is 2. The predicted molar refractivity (Wildman–Crippen MR) is 148 cm³/mol. The fourth-order valence-corrected chi connectivity index (χ4v) is 3.54. The summed E-state index contributed by atoms with van der Waals surface area (Å²) < 4.78 is 15.9. The molecule has 3 rings (SSSR count). The van der Waals surface area contributed by atoms with Crippen LogP contribution in [-0.4, -0.2) is 38.1 Å². The number of carbonyl (C=O) groups excluding carboxylic acids is 3. The molecule has 0 aliphatic rings. The van der Waals surface area contributed by atoms with Crippen molar-refractivity contribution in [3.63, 3.8) is 0 Å². The Kier molecular flexibility index (Phi) is 10.3. The van der Waals surface area contributed by atoms with E-state index in [-0.39, 0.29) is 12.2 Å². The van der Waals surface area contributed by atoms with E-state index in [2.05, 4.69) is 15.4 Å². The third kappa shape index (κ3) is 8.23. The number of hydrogen-bond acceptors (Lipinski definition) is 7. The molecule has 11 heteroatoms. The minimum atomic E-state index is -0.638. The highest BCUT2D eigenvalue weighted by Gasteiger charge is 2.14. The van der Waals surface area contributed by atoms with Gasteiger partial charge < -0.3 is 24.8 Å². The Labute approximate surface area is 234 Å². The van der Waals surface area contributed by atoms with Gasteiger partial charge in [-0.05, 0) is 73.2 Å². The zero-order chi connectivity index (χ0) is 28.4. The second-order valence-corrected chi connectivity index (χ2v) is 8.61. The highest BCUT2D eigenvalue weighted by atomic mass is 35.5. The summed E-state index contributed by atoms with van der Waals surface area (Å²) in [6.07, 6.45) is 1.39. The molecule has 0 saturated heterocycles. The van der Waals surface area contributed by atoms with E-state index >= 15 is 0 Å². The minimum Gasteiger partial charge on any atom is -0.490 e. The van der Waals surface area contributed by atoms with Crippen molar-refractivity contribution < 1.29 is 28.6 Å². The van der Waals surface area contributed by atoms with Crippen LogP contribution in [0.2, 0.25) is 10.0 Å². The molecule has 2 amide bonds. The van der Waals surface area contributed by atoms with Gasteiger partial charge in [0.05, 0.1) is 29.3 Å². The van der Waals surface area contributed by atoms with Gasteiger partial charge in [0.15, 0.2) is 18.1 Å². The predicted octanol–water partition coefficient (Wildman–Crippen LogP) is 5.74. The summed E-state index contributed by atoms with van der Waals surface area (Å²) in [6.45, 7) is 1.78. The monoisotopic (exact) mass is 567 g/mol. The molecule has 39 heavy (non-hydrogen) atoms. The van der Waals surface area contributed by atoms with Crippen molar-refractivity contribution in [3.8, 4) is 17.6 Å². The molecule has 0 bridgehead atoms. The zero-order valence-corrected chi connectivity index (χ0v) is 22.4. The molecule has 0 heterocycles. The van der Waals surface area contributed by atoms with Crippen LogP contribution in [0.25, 0.3) is 6.08 Å². The van der Waals surface area contributed by atoms with Gasteiger partial charge in [0.25, 0.3) is 11.8 Å². The molecule has 2 N–H and O–H groups in total. The van der Waals surface area contributed by atoms with Gasteiger partial charge >= 0.3 is 5.97 Å². The van der Waals surface area contributed by atoms with Gasteiger partial charge in [0.2, 0.25) is 0 Å². The molecular weight excluding hydrogens is 545 g/mol. The average Bonchev–Trinajstić information content (AvgIpc) is 2.93. The fourth-order valence-electron chi connectivity index (χ4n) is 3.24. The number of nitriles is 1. The van der Waals surface area contributed by atoms with E-state index in [9.17, 15) is 19.6 Å². The number of methoxy groups -OCH3 is 1. The van der Waals surface area contributed by atoms with Crippen molar-refractivity contribution in [2.45, 2.75) is 6.92 Å². The molecule has 0 spiro atoms. The minimum absolute atomic E-state index is 0.163. The SMILES string of the molecule is CCOc1cc(/C=C(/C#N)C(=O)Nc2ccc(C(=O)OC)cc2)ccc1OCC(=O)Nc1ccc(Cl)c(Cl)c1. The number of ether oxygens (including phenoxy) is 3. The molecule has 9 nitrogen and oxygen atoms in total. The van der Waals surface area contributed by atoms with E-state index in [1.807, 2.05) is 6.07 Å². The third-order valence-corrected chi connectivity index (χ3v) is 5.81. The van der Waals surface area contributed by atoms with Crippen LogP contribution in [-0.2, 0) is 14.3 Å². The Morgan fingerprint density at radius 1 is 0.897 bits per heavy atom. The number of rotatable bonds is 10. The Morgan fingerprint density at radius 3 is 2.26 bits per heavy atom. The van der Waals surface area contributed by atoms with Crippen LogP contribution in [0.3, 0.4) is 0 Å². The number of anilines is 2. The Morgan fingerprint density at radius 2 is 1.62 bits per heavy atom. The molecule has 0 aromatic heterocycles. The van der Waals surface area contributed by atoms with Gasteiger partial charge in [-0.1, -0.05) is 29.3 Å². The molecule has 0 atom stereocenters. The summed E-state index contributed by atoms with van der Waals surface area (Å²) in [5.41, 5.74) is 1.52. The first-order valence-electron chi connectivity index (χ1n) is 11.5. The lowest BCUT2D eigenvalue weighted by molar-refractivity contribution is -0.118. The van der Waals surface area contributed by atoms with Crippen LogP contribution < -0.4 is 20.1 Å². The summed E-state index contributed by atoms with van der Waals surface area (Å²) in [5.74, 6) is -0.949. The molecule has 0 aliphatic carbocycles. The lowest BCUT2D eigenvalue weighted by Gasteiger charge is -2.13. The van der Waals surface area contributed by atoms with Gasteiger partial charge in [0, 0.05) is 11.4 Å². The quantitative estimate of drug-likeness (QED) is 0.181. The number of nitrogens with zero attached hydrogens (tertiary/aromatic N) is 1. The van der Waals surface area contributed by atoms with Gasteiger partial charge in [-0.2, -0.15) is 5.26 Å². The molecule has 0 fully saturated rings. The molecule has 0 radical (unpaired) electrons. The number of halogens is 2. The topological polar surface area (TPSA) is 127 Å². The molecule has 200 valence electrons. The summed E-state index contributed by atoms with van der Waals surface area (Å²) in [5, 5.41) is 15.5. The Bertz CT molecular complexity index is 1450. The first kappa shape index (κ1) is 29.0. The van der Waals surface area contributed by atoms with E-state index in [1.54, 1.807) is 37.3 Å². The van der Waals surface area contributed by atoms with E-state index in [0.717, 1.165) is 0 Å². The number of nitrogens with one attached hydrogen (secondary N) is 2. The molecule has 0 aliphatic heterocycles. The van der Waals surface area contributed by atoms with Crippen molar-refractivity contribution in [2.24, 2.45) is 0 Å². The molecule has 3 aromatic carbocycles. The number of benzene rings is 3. The van der Waals surface area contributed by atoms with Gasteiger partial charge in [-0.15, -0.1) is 0 Å². The van der Waals surface area contributed by atoms with Crippen molar-refractivity contribution in [2.75, 3.05) is 31.0 Å². The normalized spacial score (nSPS) is 10.7. The molecule has 0 saturated carbocycles. The summed E-state index contributed by atoms with van der Waals surface area (Å²) in [7, 11) is 1.27. The highest BCUT2D eigenvalue weighted by Crippen LogP contribution is 2.30. The maximum atomic E-state index is 12.7. The van der Waals surface area contributed by atoms with E-state index in [4.69, 9.17) is 32.7 Å². The van der Waals surface area contributed by atoms with Crippen LogP contribution in [0.4, 0.5) is 11.4 Å². The van der Waals surface area contributed by atoms with Crippen LogP contribution >= 0.6 is 23.2 Å². The lowest BCUT2D eigenvalue weighted by atomic mass is 10.1. The Balaban J connectivity index is 1.69. The fraction of sp³-hybridized carbons (Fsp3) is 0.143. The zero-order valence-electron chi connectivity index (χ0n) is 20.9. The van der Waals surface area contributed by atoms with Gasteiger partial charge in [-0.3, -0.25) is 9.59 Å². The van der Waals surface area contributed by atoms with E-state index in [1.165, 1.54) is 43.5 Å². The summed E-state index contributed by atoms with van der Waals surface area (Å²) in [4.78, 5) is 36.6. The van der Waals surface area contributed by atoms with Gasteiger partial charge in [0.1, 0.15) is 11.6 Å². The highest BCUT2D eigenvalue weighted by molar-refractivity contribution is 6.42. The largest absolute Gasteiger partial charge is 0.490 e. The molecule has 3 aromatic rings. The van der Waals surface area contributed by atoms with Crippen LogP contribution in [0.15, 0.2) is 66.2 Å². The second kappa shape index (κ2) is 13.9.